The number of carbonyl (C=O) groups excluding carboxylic acids is 2. The van der Waals surface area contributed by atoms with Gasteiger partial charge in [-0.1, -0.05) is 41.9 Å². The van der Waals surface area contributed by atoms with Gasteiger partial charge < -0.3 is 10.6 Å². The lowest BCUT2D eigenvalue weighted by Gasteiger charge is -2.16. The second-order valence-corrected chi connectivity index (χ2v) is 6.33. The van der Waals surface area contributed by atoms with Gasteiger partial charge in [-0.2, -0.15) is 0 Å². The van der Waals surface area contributed by atoms with Crippen LogP contribution in [-0.4, -0.2) is 23.0 Å². The van der Waals surface area contributed by atoms with E-state index in [1.54, 1.807) is 31.2 Å². The first-order valence-corrected chi connectivity index (χ1v) is 8.68. The number of rotatable bonds is 5. The van der Waals surface area contributed by atoms with Crippen LogP contribution in [0.4, 0.5) is 0 Å². The lowest BCUT2D eigenvalue weighted by atomic mass is 10.2. The van der Waals surface area contributed by atoms with Crippen LogP contribution in [-0.2, 0) is 11.3 Å². The third-order valence-electron chi connectivity index (χ3n) is 3.44. The van der Waals surface area contributed by atoms with Gasteiger partial charge in [0.25, 0.3) is 11.8 Å². The molecule has 2 rings (SSSR count). The Morgan fingerprint density at radius 2 is 1.69 bits per heavy atom. The summed E-state index contributed by atoms with van der Waals surface area (Å²) in [6, 6.07) is 15.4. The minimum atomic E-state index is -0.748. The molecule has 1 unspecified atom stereocenters. The highest BCUT2D eigenvalue weighted by Crippen LogP contribution is 2.09. The monoisotopic (exact) mass is 390 g/mol. The number of nitrogens with one attached hydrogen (secondary N) is 4. The standard InChI is InChI=1S/C18H19ClN4O2S/c1-12(21-17(25)14-7-9-15(19)10-8-14)16(24)22-23-18(26)20-11-13-5-3-2-4-6-13/h2-10,12H,11H2,1H3,(H,21,25)(H,22,24)(H2,20,23,26). The SMILES string of the molecule is CC(NC(=O)c1ccc(Cl)cc1)C(=O)NNC(=S)NCc1ccccc1. The van der Waals surface area contributed by atoms with Crippen molar-refractivity contribution in [2.45, 2.75) is 19.5 Å². The topological polar surface area (TPSA) is 82.3 Å². The van der Waals surface area contributed by atoms with Crippen LogP contribution >= 0.6 is 23.8 Å². The molecule has 0 aromatic heterocycles. The number of halogens is 1. The van der Waals surface area contributed by atoms with Gasteiger partial charge in [0.1, 0.15) is 6.04 Å². The van der Waals surface area contributed by atoms with E-state index in [4.69, 9.17) is 23.8 Å². The van der Waals surface area contributed by atoms with E-state index in [1.165, 1.54) is 0 Å². The quantitative estimate of drug-likeness (QED) is 0.464. The summed E-state index contributed by atoms with van der Waals surface area (Å²) >= 11 is 10.9. The van der Waals surface area contributed by atoms with Gasteiger partial charge in [-0.15, -0.1) is 0 Å². The smallest absolute Gasteiger partial charge is 0.260 e. The van der Waals surface area contributed by atoms with Crippen LogP contribution < -0.4 is 21.5 Å². The number of hydrogen-bond acceptors (Lipinski definition) is 3. The van der Waals surface area contributed by atoms with Gasteiger partial charge in [0, 0.05) is 17.1 Å². The molecular weight excluding hydrogens is 372 g/mol. The van der Waals surface area contributed by atoms with Gasteiger partial charge >= 0.3 is 0 Å². The molecule has 2 aromatic carbocycles. The highest BCUT2D eigenvalue weighted by atomic mass is 35.5. The van der Waals surface area contributed by atoms with Crippen LogP contribution in [0.25, 0.3) is 0 Å². The summed E-state index contributed by atoms with van der Waals surface area (Å²) in [6.07, 6.45) is 0. The Labute approximate surface area is 162 Å². The summed E-state index contributed by atoms with van der Waals surface area (Å²) in [7, 11) is 0. The Hall–Kier alpha value is -2.64. The van der Waals surface area contributed by atoms with E-state index < -0.39 is 11.9 Å². The fraction of sp³-hybridized carbons (Fsp3) is 0.167. The Kier molecular flexibility index (Phi) is 7.37. The molecule has 0 bridgehead atoms. The van der Waals surface area contributed by atoms with Crippen LogP contribution in [0.5, 0.6) is 0 Å². The number of amides is 2. The fourth-order valence-electron chi connectivity index (χ4n) is 2.00. The van der Waals surface area contributed by atoms with Crippen molar-refractivity contribution in [1.82, 2.24) is 21.5 Å². The van der Waals surface area contributed by atoms with E-state index in [0.29, 0.717) is 17.1 Å². The zero-order chi connectivity index (χ0) is 18.9. The second-order valence-electron chi connectivity index (χ2n) is 5.48. The van der Waals surface area contributed by atoms with E-state index >= 15 is 0 Å². The van der Waals surface area contributed by atoms with Crippen molar-refractivity contribution in [2.75, 3.05) is 0 Å². The zero-order valence-corrected chi connectivity index (χ0v) is 15.7. The van der Waals surface area contributed by atoms with Crippen molar-refractivity contribution in [3.8, 4) is 0 Å². The second kappa shape index (κ2) is 9.74. The maximum atomic E-state index is 12.1. The third-order valence-corrected chi connectivity index (χ3v) is 3.94. The van der Waals surface area contributed by atoms with Crippen LogP contribution in [0.15, 0.2) is 54.6 Å². The van der Waals surface area contributed by atoms with Crippen molar-refractivity contribution < 1.29 is 9.59 Å². The molecule has 0 heterocycles. The van der Waals surface area contributed by atoms with E-state index in [1.807, 2.05) is 30.3 Å². The Morgan fingerprint density at radius 1 is 1.04 bits per heavy atom. The van der Waals surface area contributed by atoms with Gasteiger partial charge in [0.15, 0.2) is 5.11 Å². The lowest BCUT2D eigenvalue weighted by molar-refractivity contribution is -0.123. The highest BCUT2D eigenvalue weighted by molar-refractivity contribution is 7.80. The highest BCUT2D eigenvalue weighted by Gasteiger charge is 2.16. The Balaban J connectivity index is 1.73. The predicted molar refractivity (Wildman–Crippen MR) is 106 cm³/mol. The third kappa shape index (κ3) is 6.34. The number of hydrazine groups is 1. The molecule has 136 valence electrons. The molecule has 0 spiro atoms. The Bertz CT molecular complexity index is 769. The van der Waals surface area contributed by atoms with Gasteiger partial charge in [0.2, 0.25) is 0 Å². The van der Waals surface area contributed by atoms with Gasteiger partial charge in [-0.05, 0) is 49.0 Å². The van der Waals surface area contributed by atoms with Gasteiger partial charge in [0.05, 0.1) is 0 Å². The van der Waals surface area contributed by atoms with Crippen molar-refractivity contribution in [3.63, 3.8) is 0 Å². The first-order chi connectivity index (χ1) is 12.5. The largest absolute Gasteiger partial charge is 0.357 e. The molecule has 0 radical (unpaired) electrons. The maximum Gasteiger partial charge on any atom is 0.260 e. The maximum absolute atomic E-state index is 12.1. The summed E-state index contributed by atoms with van der Waals surface area (Å²) in [6.45, 7) is 2.11. The molecule has 0 saturated heterocycles. The number of hydrogen-bond donors (Lipinski definition) is 4. The first kappa shape index (κ1) is 19.7. The normalized spacial score (nSPS) is 11.2. The van der Waals surface area contributed by atoms with Crippen molar-refractivity contribution >= 4 is 40.7 Å². The molecule has 0 saturated carbocycles. The molecule has 0 aliphatic heterocycles. The summed E-state index contributed by atoms with van der Waals surface area (Å²) in [4.78, 5) is 24.1. The van der Waals surface area contributed by atoms with Gasteiger partial charge in [-0.25, -0.2) is 0 Å². The molecule has 6 nitrogen and oxygen atoms in total. The molecular formula is C18H19ClN4O2S. The van der Waals surface area contributed by atoms with E-state index in [2.05, 4.69) is 21.5 Å². The minimum Gasteiger partial charge on any atom is -0.357 e. The van der Waals surface area contributed by atoms with Crippen molar-refractivity contribution in [2.24, 2.45) is 0 Å². The minimum absolute atomic E-state index is 0.276. The van der Waals surface area contributed by atoms with Crippen LogP contribution in [0.3, 0.4) is 0 Å². The molecule has 0 fully saturated rings. The first-order valence-electron chi connectivity index (χ1n) is 7.90. The summed E-state index contributed by atoms with van der Waals surface area (Å²) in [5.41, 5.74) is 6.54. The predicted octanol–water partition coefficient (Wildman–Crippen LogP) is 2.15. The molecule has 2 aromatic rings. The lowest BCUT2D eigenvalue weighted by Crippen LogP contribution is -2.53. The van der Waals surface area contributed by atoms with Crippen LogP contribution in [0, 0.1) is 0 Å². The number of benzene rings is 2. The van der Waals surface area contributed by atoms with Crippen molar-refractivity contribution in [3.05, 3.63) is 70.7 Å². The molecule has 4 N–H and O–H groups in total. The van der Waals surface area contributed by atoms with E-state index in [9.17, 15) is 9.59 Å². The average Bonchev–Trinajstić information content (AvgIpc) is 2.65. The van der Waals surface area contributed by atoms with Crippen LogP contribution in [0.2, 0.25) is 5.02 Å². The zero-order valence-electron chi connectivity index (χ0n) is 14.1. The molecule has 0 aliphatic carbocycles. The molecule has 1 atom stereocenters. The summed E-state index contributed by atoms with van der Waals surface area (Å²) in [5, 5.41) is 6.38. The summed E-state index contributed by atoms with van der Waals surface area (Å²) in [5.74, 6) is -0.787. The van der Waals surface area contributed by atoms with Crippen LogP contribution in [0.1, 0.15) is 22.8 Å². The fourth-order valence-corrected chi connectivity index (χ4v) is 2.24. The summed E-state index contributed by atoms with van der Waals surface area (Å²) < 4.78 is 0. The molecule has 0 aliphatic rings. The molecule has 26 heavy (non-hydrogen) atoms. The molecule has 8 heteroatoms. The van der Waals surface area contributed by atoms with E-state index in [-0.39, 0.29) is 11.0 Å². The average molecular weight is 391 g/mol. The Morgan fingerprint density at radius 3 is 2.35 bits per heavy atom. The number of carbonyl (C=O) groups is 2. The van der Waals surface area contributed by atoms with Gasteiger partial charge in [-0.3, -0.25) is 20.4 Å². The molecule has 2 amide bonds. The van der Waals surface area contributed by atoms with Crippen molar-refractivity contribution in [1.29, 1.82) is 0 Å². The number of thiocarbonyl (C=S) groups is 1. The van der Waals surface area contributed by atoms with E-state index in [0.717, 1.165) is 5.56 Å².